The number of carbonyl (C=O) groups excluding carboxylic acids is 3. The summed E-state index contributed by atoms with van der Waals surface area (Å²) >= 11 is 0. The Balaban J connectivity index is 1.33. The van der Waals surface area contributed by atoms with Crippen molar-refractivity contribution >= 4 is 17.5 Å². The molecule has 5 aliphatic carbocycles. The van der Waals surface area contributed by atoms with E-state index in [2.05, 4.69) is 49.4 Å². The normalized spacial score (nSPS) is 37.3. The number of nitrogens with zero attached hydrogens (tertiary/aromatic N) is 4. The average molecular weight is 687 g/mol. The van der Waals surface area contributed by atoms with E-state index in [0.717, 1.165) is 43.3 Å². The van der Waals surface area contributed by atoms with Gasteiger partial charge in [0.15, 0.2) is 11.6 Å². The van der Waals surface area contributed by atoms with Crippen molar-refractivity contribution in [1.82, 2.24) is 14.5 Å². The van der Waals surface area contributed by atoms with Crippen LogP contribution in [0.2, 0.25) is 0 Å². The monoisotopic (exact) mass is 686 g/mol. The molecule has 3 fully saturated rings. The number of hydrogen-bond acceptors (Lipinski definition) is 5. The van der Waals surface area contributed by atoms with Crippen LogP contribution in [-0.4, -0.2) is 32.0 Å². The third-order valence-corrected chi connectivity index (χ3v) is 14.5. The molecule has 7 atom stereocenters. The lowest BCUT2D eigenvalue weighted by atomic mass is 9.34. The molecule has 264 valence electrons. The standard InChI is InChI=1S/C40H45F3N4O3/c1-34(2)12-14-39(33(50)47-21-27(46-22-47)23-20-45-16-10-24(23)40(41,42)43)15-13-38(7)31(25(39)18-34)28(48)17-30-36(5)19-26(44-8)32(49)35(3,4)29(36)9-11-37(30,38)6/h10,16-17,19-22,25,29,31H,9,11-15,18H2,1-7H3/t25?,29?,31-,36-,37+,38+,39-/m0/s1. The molecule has 10 heteroatoms. The number of halogens is 3. The molecule has 0 aliphatic heterocycles. The molecule has 2 aromatic heterocycles. The first-order chi connectivity index (χ1) is 23.2. The van der Waals surface area contributed by atoms with Crippen molar-refractivity contribution in [1.29, 1.82) is 0 Å². The van der Waals surface area contributed by atoms with Crippen molar-refractivity contribution in [3.05, 3.63) is 71.4 Å². The quantitative estimate of drug-likeness (QED) is 0.294. The zero-order valence-electron chi connectivity index (χ0n) is 29.9. The highest BCUT2D eigenvalue weighted by atomic mass is 19.4. The van der Waals surface area contributed by atoms with Crippen molar-refractivity contribution in [3.8, 4) is 11.3 Å². The summed E-state index contributed by atoms with van der Waals surface area (Å²) in [5, 5.41) is 0. The Kier molecular flexibility index (Phi) is 7.32. The summed E-state index contributed by atoms with van der Waals surface area (Å²) < 4.78 is 43.0. The smallest absolute Gasteiger partial charge is 0.307 e. The minimum atomic E-state index is -4.62. The third-order valence-electron chi connectivity index (χ3n) is 14.5. The van der Waals surface area contributed by atoms with E-state index in [4.69, 9.17) is 6.57 Å². The number of Topliss-reactive ketones (excluding diaryl/α,β-unsaturated/α-hetero) is 1. The van der Waals surface area contributed by atoms with Gasteiger partial charge in [0.25, 0.3) is 0 Å². The fourth-order valence-corrected chi connectivity index (χ4v) is 11.6. The minimum absolute atomic E-state index is 0.00890. The molecule has 0 spiro atoms. The van der Waals surface area contributed by atoms with Crippen molar-refractivity contribution < 1.29 is 27.6 Å². The van der Waals surface area contributed by atoms with Gasteiger partial charge in [-0.1, -0.05) is 60.1 Å². The molecule has 0 N–H and O–H groups in total. The average Bonchev–Trinajstić information content (AvgIpc) is 3.53. The SMILES string of the molecule is [C-]#[N+]C1=C[C@]2(C)C3=CC(=O)[C@@H]4C5CC(C)(C)CC[C@]5(C(=O)n5cnc(-c6cnccc6C(F)(F)F)c5)CC[C@@]4(C)[C@]3(C)CCC2C(C)(C)C1=O. The summed E-state index contributed by atoms with van der Waals surface area (Å²) in [6, 6.07) is 0.908. The molecule has 0 radical (unpaired) electrons. The van der Waals surface area contributed by atoms with Gasteiger partial charge in [-0.2, -0.15) is 13.2 Å². The summed E-state index contributed by atoms with van der Waals surface area (Å²) in [5.74, 6) is -1.18. The number of alkyl halides is 3. The number of allylic oxidation sites excluding steroid dienone is 4. The van der Waals surface area contributed by atoms with Crippen molar-refractivity contribution in [2.24, 2.45) is 50.2 Å². The molecule has 0 aromatic carbocycles. The van der Waals surface area contributed by atoms with Gasteiger partial charge in [-0.15, -0.1) is 0 Å². The zero-order chi connectivity index (χ0) is 36.4. The summed E-state index contributed by atoms with van der Waals surface area (Å²) in [6.45, 7) is 22.6. The van der Waals surface area contributed by atoms with Crippen LogP contribution in [0, 0.1) is 56.8 Å². The lowest BCUT2D eigenvalue weighted by Crippen LogP contribution is -2.66. The van der Waals surface area contributed by atoms with Crippen molar-refractivity contribution in [3.63, 3.8) is 0 Å². The highest BCUT2D eigenvalue weighted by Gasteiger charge is 2.71. The lowest BCUT2D eigenvalue weighted by molar-refractivity contribution is -0.164. The first kappa shape index (κ1) is 34.6. The molecule has 0 bridgehead atoms. The van der Waals surface area contributed by atoms with E-state index in [1.54, 1.807) is 0 Å². The zero-order valence-corrected chi connectivity index (χ0v) is 29.9. The molecular formula is C40H45F3N4O3. The van der Waals surface area contributed by atoms with E-state index >= 15 is 0 Å². The maximum absolute atomic E-state index is 14.8. The molecule has 7 nitrogen and oxygen atoms in total. The Labute approximate surface area is 291 Å². The van der Waals surface area contributed by atoms with Crippen molar-refractivity contribution in [2.75, 3.05) is 0 Å². The number of hydrogen-bond donors (Lipinski definition) is 0. The highest BCUT2D eigenvalue weighted by Crippen LogP contribution is 2.74. The Morgan fingerprint density at radius 3 is 2.40 bits per heavy atom. The molecule has 2 unspecified atom stereocenters. The first-order valence-electron chi connectivity index (χ1n) is 17.7. The van der Waals surface area contributed by atoms with Crippen LogP contribution in [0.1, 0.15) is 104 Å². The Hall–Kier alpha value is -3.87. The van der Waals surface area contributed by atoms with Crippen LogP contribution in [0.4, 0.5) is 13.2 Å². The van der Waals surface area contributed by atoms with Gasteiger partial charge in [0.1, 0.15) is 6.33 Å². The molecule has 50 heavy (non-hydrogen) atoms. The second-order valence-electron chi connectivity index (χ2n) is 17.8. The van der Waals surface area contributed by atoms with Crippen LogP contribution >= 0.6 is 0 Å². The number of aromatic nitrogens is 3. The van der Waals surface area contributed by atoms with Crippen LogP contribution in [0.5, 0.6) is 0 Å². The molecular weight excluding hydrogens is 641 g/mol. The fraction of sp³-hybridized carbons (Fsp3) is 0.600. The number of carbonyl (C=O) groups is 3. The maximum Gasteiger partial charge on any atom is 0.417 e. The van der Waals surface area contributed by atoms with Gasteiger partial charge in [-0.3, -0.25) is 19.1 Å². The van der Waals surface area contributed by atoms with Gasteiger partial charge >= 0.3 is 6.18 Å². The topological polar surface area (TPSA) is 86.3 Å². The molecule has 2 aromatic rings. The van der Waals surface area contributed by atoms with Gasteiger partial charge < -0.3 is 4.79 Å². The van der Waals surface area contributed by atoms with Crippen LogP contribution in [0.15, 0.2) is 54.4 Å². The number of ketones is 2. The van der Waals surface area contributed by atoms with Gasteiger partial charge in [-0.25, -0.2) is 9.83 Å². The Morgan fingerprint density at radius 2 is 1.72 bits per heavy atom. The summed E-state index contributed by atoms with van der Waals surface area (Å²) in [7, 11) is 0. The summed E-state index contributed by atoms with van der Waals surface area (Å²) in [4.78, 5) is 54.9. The van der Waals surface area contributed by atoms with Crippen molar-refractivity contribution in [2.45, 2.75) is 99.6 Å². The molecule has 2 heterocycles. The summed E-state index contributed by atoms with van der Waals surface area (Å²) in [6.07, 6.45) is 8.65. The predicted octanol–water partition coefficient (Wildman–Crippen LogP) is 9.18. The minimum Gasteiger partial charge on any atom is -0.307 e. The van der Waals surface area contributed by atoms with E-state index in [1.165, 1.54) is 17.1 Å². The highest BCUT2D eigenvalue weighted by molar-refractivity contribution is 6.03. The second-order valence-corrected chi connectivity index (χ2v) is 17.8. The third kappa shape index (κ3) is 4.50. The van der Waals surface area contributed by atoms with Crippen LogP contribution in [-0.2, 0) is 15.8 Å². The van der Waals surface area contributed by atoms with E-state index in [1.807, 2.05) is 26.0 Å². The molecule has 3 saturated carbocycles. The van der Waals surface area contributed by atoms with Gasteiger partial charge in [-0.05, 0) is 85.2 Å². The van der Waals surface area contributed by atoms with E-state index < -0.39 is 44.7 Å². The largest absolute Gasteiger partial charge is 0.417 e. The summed E-state index contributed by atoms with van der Waals surface area (Å²) in [5.41, 5.74) is -3.27. The predicted molar refractivity (Wildman–Crippen MR) is 181 cm³/mol. The fourth-order valence-electron chi connectivity index (χ4n) is 11.6. The van der Waals surface area contributed by atoms with Gasteiger partial charge in [0, 0.05) is 40.9 Å². The van der Waals surface area contributed by atoms with Crippen LogP contribution < -0.4 is 0 Å². The first-order valence-corrected chi connectivity index (χ1v) is 17.7. The molecule has 5 aliphatic rings. The van der Waals surface area contributed by atoms with E-state index in [9.17, 15) is 27.6 Å². The van der Waals surface area contributed by atoms with E-state index in [-0.39, 0.29) is 51.7 Å². The maximum atomic E-state index is 14.8. The lowest BCUT2D eigenvalue weighted by Gasteiger charge is -2.69. The van der Waals surface area contributed by atoms with Gasteiger partial charge in [0.2, 0.25) is 11.6 Å². The number of fused-ring (bicyclic) bond motifs is 7. The van der Waals surface area contributed by atoms with Gasteiger partial charge in [0.05, 0.1) is 23.2 Å². The number of imidazole rings is 1. The number of rotatable bonds is 2. The van der Waals surface area contributed by atoms with Crippen LogP contribution in [0.3, 0.4) is 0 Å². The number of pyridine rings is 1. The molecule has 0 amide bonds. The van der Waals surface area contributed by atoms with E-state index in [0.29, 0.717) is 25.7 Å². The second kappa shape index (κ2) is 10.6. The van der Waals surface area contributed by atoms with Crippen LogP contribution in [0.25, 0.3) is 16.1 Å². The Morgan fingerprint density at radius 1 is 1.02 bits per heavy atom. The molecule has 0 saturated heterocycles. The molecule has 7 rings (SSSR count). The Bertz CT molecular complexity index is 1950.